The second-order valence-corrected chi connectivity index (χ2v) is 19.8. The van der Waals surface area contributed by atoms with Crippen LogP contribution in [0.15, 0.2) is 24.3 Å². The predicted octanol–water partition coefficient (Wildman–Crippen LogP) is 10.4. The topological polar surface area (TPSA) is 0 Å². The van der Waals surface area contributed by atoms with Gasteiger partial charge >= 0.3 is 0 Å². The Bertz CT molecular complexity index is 944. The molecule has 8 fully saturated rings. The molecule has 1 aromatic rings. The predicted molar refractivity (Wildman–Crippen MR) is 169 cm³/mol. The van der Waals surface area contributed by atoms with Crippen molar-refractivity contribution in [2.24, 2.45) is 57.2 Å². The van der Waals surface area contributed by atoms with Crippen molar-refractivity contribution in [3.63, 3.8) is 0 Å². The minimum Gasteiger partial charge on any atom is -0.125 e. The Morgan fingerprint density at radius 1 is 0.500 bits per heavy atom. The first-order valence-corrected chi connectivity index (χ1v) is 17.5. The van der Waals surface area contributed by atoms with Gasteiger partial charge in [0.15, 0.2) is 0 Å². The highest BCUT2D eigenvalue weighted by molar-refractivity contribution is 7.19. The van der Waals surface area contributed by atoms with Crippen molar-refractivity contribution in [3.05, 3.63) is 35.4 Å². The van der Waals surface area contributed by atoms with Crippen molar-refractivity contribution >= 4 is 18.5 Å². The molecule has 0 N–H and O–H groups in total. The second-order valence-electron chi connectivity index (χ2n) is 18.1. The summed E-state index contributed by atoms with van der Waals surface area (Å²) in [6.45, 7) is 15.5. The molecule has 0 spiro atoms. The fraction of sp³-hybridized carbons (Fsp3) is 0.833. The van der Waals surface area contributed by atoms with Crippen molar-refractivity contribution in [1.82, 2.24) is 0 Å². The molecule has 0 nitrogen and oxygen atoms in total. The van der Waals surface area contributed by atoms with Crippen LogP contribution in [0.1, 0.15) is 130 Å². The molecule has 8 bridgehead atoms. The van der Waals surface area contributed by atoms with Crippen molar-refractivity contribution in [1.29, 1.82) is 0 Å². The van der Waals surface area contributed by atoms with Gasteiger partial charge in [-0.3, -0.25) is 0 Å². The van der Waals surface area contributed by atoms with E-state index in [0.29, 0.717) is 10.8 Å². The molecule has 0 radical (unpaired) electrons. The zero-order valence-electron chi connectivity index (χ0n) is 25.4. The summed E-state index contributed by atoms with van der Waals surface area (Å²) in [7, 11) is 7.36. The van der Waals surface area contributed by atoms with Crippen molar-refractivity contribution < 1.29 is 0 Å². The van der Waals surface area contributed by atoms with Crippen LogP contribution in [0.25, 0.3) is 0 Å². The quantitative estimate of drug-likeness (QED) is 0.327. The zero-order valence-corrected chi connectivity index (χ0v) is 27.7. The third kappa shape index (κ3) is 3.47. The van der Waals surface area contributed by atoms with Crippen LogP contribution in [0.3, 0.4) is 0 Å². The molecular formula is C36H56P2. The van der Waals surface area contributed by atoms with E-state index in [9.17, 15) is 0 Å². The van der Waals surface area contributed by atoms with Gasteiger partial charge in [-0.15, -0.1) is 18.5 Å². The fourth-order valence-corrected chi connectivity index (χ4v) is 14.5. The molecule has 1 aromatic carbocycles. The smallest absolute Gasteiger partial charge is 0.0205 e. The van der Waals surface area contributed by atoms with Crippen LogP contribution in [-0.2, 0) is 10.3 Å². The highest BCUT2D eigenvalue weighted by Crippen LogP contribution is 2.76. The summed E-state index contributed by atoms with van der Waals surface area (Å²) < 4.78 is 0. The van der Waals surface area contributed by atoms with E-state index < -0.39 is 0 Å². The van der Waals surface area contributed by atoms with Gasteiger partial charge in [-0.1, -0.05) is 65.8 Å². The number of rotatable bonds is 4. The highest BCUT2D eigenvalue weighted by Gasteiger charge is 2.67. The number of benzene rings is 1. The van der Waals surface area contributed by atoms with Crippen LogP contribution in [0.2, 0.25) is 0 Å². The van der Waals surface area contributed by atoms with Crippen LogP contribution in [-0.4, -0.2) is 0 Å². The summed E-state index contributed by atoms with van der Waals surface area (Å²) in [4.78, 5) is 0. The molecule has 0 heterocycles. The molecule has 8 aliphatic carbocycles. The average molecular weight is 551 g/mol. The van der Waals surface area contributed by atoms with Crippen LogP contribution >= 0.6 is 18.5 Å². The Hall–Kier alpha value is 0.0800. The van der Waals surface area contributed by atoms with Crippen LogP contribution in [0.5, 0.6) is 0 Å². The van der Waals surface area contributed by atoms with Gasteiger partial charge in [-0.25, -0.2) is 0 Å². The second kappa shape index (κ2) is 8.34. The first kappa shape index (κ1) is 26.9. The SMILES string of the molecule is CC(C)(C)C(P)(c1ccccc1C(P)(C(C)(C)C)C12CC3CC(CC(C3)C1)C2)C12CC3CC(CC(C3)C1)C2. The molecular weight excluding hydrogens is 494 g/mol. The van der Waals surface area contributed by atoms with Gasteiger partial charge in [0.2, 0.25) is 0 Å². The van der Waals surface area contributed by atoms with E-state index in [1.807, 2.05) is 0 Å². The molecule has 0 amide bonds. The van der Waals surface area contributed by atoms with Crippen LogP contribution in [0, 0.1) is 57.2 Å². The van der Waals surface area contributed by atoms with E-state index in [-0.39, 0.29) is 21.1 Å². The number of hydrogen-bond donors (Lipinski definition) is 0. The Morgan fingerprint density at radius 3 is 0.947 bits per heavy atom. The van der Waals surface area contributed by atoms with Gasteiger partial charge in [-0.2, -0.15) is 0 Å². The Labute approximate surface area is 239 Å². The highest BCUT2D eigenvalue weighted by atomic mass is 31.0. The number of hydrogen-bond acceptors (Lipinski definition) is 0. The standard InChI is InChI=1S/C36H56P2/c1-31(2,3)35(37,33-17-23-11-24(18-33)13-25(12-23)19-33)29-9-7-8-10-30(29)36(38,32(4,5)6)34-20-26-14-27(21-34)16-28(15-26)22-34/h7-10,23-28H,11-22,37-38H2,1-6H3. The van der Waals surface area contributed by atoms with E-state index in [1.165, 1.54) is 77.0 Å². The van der Waals surface area contributed by atoms with E-state index >= 15 is 0 Å². The maximum atomic E-state index is 3.68. The lowest BCUT2D eigenvalue weighted by atomic mass is 9.40. The fourth-order valence-electron chi connectivity index (χ4n) is 13.3. The summed E-state index contributed by atoms with van der Waals surface area (Å²) >= 11 is 0. The zero-order chi connectivity index (χ0) is 26.9. The third-order valence-corrected chi connectivity index (χ3v) is 17.5. The van der Waals surface area contributed by atoms with Gasteiger partial charge in [0, 0.05) is 10.3 Å². The Morgan fingerprint density at radius 2 is 0.737 bits per heavy atom. The molecule has 9 rings (SSSR count). The third-order valence-electron chi connectivity index (χ3n) is 13.9. The molecule has 8 saturated carbocycles. The van der Waals surface area contributed by atoms with E-state index in [0.717, 1.165) is 35.5 Å². The summed E-state index contributed by atoms with van der Waals surface area (Å²) in [5, 5.41) is 0.198. The first-order valence-electron chi connectivity index (χ1n) is 16.4. The Balaban J connectivity index is 1.44. The molecule has 0 aromatic heterocycles. The van der Waals surface area contributed by atoms with Crippen LogP contribution in [0.4, 0.5) is 0 Å². The normalized spacial score (nSPS) is 44.7. The molecule has 0 saturated heterocycles. The Kier molecular flexibility index (Phi) is 5.91. The van der Waals surface area contributed by atoms with Crippen molar-refractivity contribution in [2.45, 2.75) is 129 Å². The molecule has 38 heavy (non-hydrogen) atoms. The maximum Gasteiger partial charge on any atom is 0.0205 e. The lowest BCUT2D eigenvalue weighted by molar-refractivity contribution is -0.108. The van der Waals surface area contributed by atoms with E-state index in [4.69, 9.17) is 0 Å². The lowest BCUT2D eigenvalue weighted by Gasteiger charge is -2.69. The largest absolute Gasteiger partial charge is 0.125 e. The molecule has 4 unspecified atom stereocenters. The van der Waals surface area contributed by atoms with E-state index in [1.54, 1.807) is 11.1 Å². The molecule has 210 valence electrons. The molecule has 4 atom stereocenters. The summed E-state index contributed by atoms with van der Waals surface area (Å²) in [6, 6.07) is 10.0. The van der Waals surface area contributed by atoms with Gasteiger partial charge < -0.3 is 0 Å². The summed E-state index contributed by atoms with van der Waals surface area (Å²) in [5.41, 5.74) is 4.63. The van der Waals surface area contributed by atoms with Crippen molar-refractivity contribution in [3.8, 4) is 0 Å². The maximum absolute atomic E-state index is 3.68. The van der Waals surface area contributed by atoms with Gasteiger partial charge in [-0.05, 0) is 145 Å². The van der Waals surface area contributed by atoms with Gasteiger partial charge in [0.1, 0.15) is 0 Å². The van der Waals surface area contributed by atoms with Crippen LogP contribution < -0.4 is 0 Å². The average Bonchev–Trinajstić information content (AvgIpc) is 2.79. The van der Waals surface area contributed by atoms with Gasteiger partial charge in [0.05, 0.1) is 0 Å². The lowest BCUT2D eigenvalue weighted by Crippen LogP contribution is -2.61. The molecule has 2 heteroatoms. The van der Waals surface area contributed by atoms with Gasteiger partial charge in [0.25, 0.3) is 0 Å². The van der Waals surface area contributed by atoms with E-state index in [2.05, 4.69) is 84.3 Å². The van der Waals surface area contributed by atoms with Crippen molar-refractivity contribution in [2.75, 3.05) is 0 Å². The first-order chi connectivity index (χ1) is 17.7. The monoisotopic (exact) mass is 550 g/mol. The summed E-state index contributed by atoms with van der Waals surface area (Å²) in [6.07, 6.45) is 17.9. The molecule has 8 aliphatic rings. The molecule has 0 aliphatic heterocycles. The summed E-state index contributed by atoms with van der Waals surface area (Å²) in [5.74, 6) is 5.85. The minimum absolute atomic E-state index is 0.0992. The minimum atomic E-state index is 0.0992.